The summed E-state index contributed by atoms with van der Waals surface area (Å²) in [5, 5.41) is 9.85. The van der Waals surface area contributed by atoms with Gasteiger partial charge >= 0.3 is 18.2 Å². The van der Waals surface area contributed by atoms with Crippen LogP contribution in [0.15, 0.2) is 59.8 Å². The van der Waals surface area contributed by atoms with E-state index < -0.39 is 42.0 Å². The van der Waals surface area contributed by atoms with E-state index in [1.807, 2.05) is 0 Å². The molecule has 1 fully saturated rings. The molecule has 2 aliphatic heterocycles. The molecule has 0 bridgehead atoms. The Bertz CT molecular complexity index is 1350. The molecular formula is C29H32ClF4N3O4S. The van der Waals surface area contributed by atoms with Gasteiger partial charge in [0, 0.05) is 31.4 Å². The van der Waals surface area contributed by atoms with E-state index >= 15 is 0 Å². The van der Waals surface area contributed by atoms with E-state index in [1.165, 1.54) is 42.2 Å². The fourth-order valence-corrected chi connectivity index (χ4v) is 5.93. The van der Waals surface area contributed by atoms with Crippen LogP contribution in [-0.4, -0.2) is 62.2 Å². The molecule has 0 aliphatic carbocycles. The molecule has 7 nitrogen and oxygen atoms in total. The fraction of sp³-hybridized carbons (Fsp3) is 0.414. The Balaban J connectivity index is 0.00000484. The Morgan fingerprint density at radius 1 is 1.07 bits per heavy atom. The van der Waals surface area contributed by atoms with Crippen molar-refractivity contribution in [1.29, 1.82) is 0 Å². The van der Waals surface area contributed by atoms with Gasteiger partial charge in [0.15, 0.2) is 5.11 Å². The number of likely N-dealkylation sites (tertiary alicyclic amines) is 1. The first-order valence-corrected chi connectivity index (χ1v) is 13.6. The molecule has 0 radical (unpaired) electrons. The van der Waals surface area contributed by atoms with Crippen LogP contribution in [0.25, 0.3) is 0 Å². The van der Waals surface area contributed by atoms with Gasteiger partial charge < -0.3 is 14.7 Å². The average Bonchev–Trinajstić information content (AvgIpc) is 2.89. The monoisotopic (exact) mass is 629 g/mol. The van der Waals surface area contributed by atoms with Crippen molar-refractivity contribution in [2.75, 3.05) is 13.1 Å². The van der Waals surface area contributed by atoms with Crippen LogP contribution in [-0.2, 0) is 22.3 Å². The summed E-state index contributed by atoms with van der Waals surface area (Å²) in [4.78, 5) is 30.2. The highest BCUT2D eigenvalue weighted by atomic mass is 35.5. The molecule has 1 N–H and O–H groups in total. The van der Waals surface area contributed by atoms with Crippen LogP contribution in [0.3, 0.4) is 0 Å². The highest BCUT2D eigenvalue weighted by Crippen LogP contribution is 2.45. The third-order valence-corrected chi connectivity index (χ3v) is 7.67. The number of alkyl halides is 3. The Hall–Kier alpha value is -3.22. The van der Waals surface area contributed by atoms with Gasteiger partial charge in [0.25, 0.3) is 0 Å². The minimum absolute atomic E-state index is 0. The Morgan fingerprint density at radius 2 is 1.67 bits per heavy atom. The van der Waals surface area contributed by atoms with Gasteiger partial charge in [-0.15, -0.1) is 12.4 Å². The molecule has 0 unspecified atom stereocenters. The van der Waals surface area contributed by atoms with E-state index in [-0.39, 0.29) is 40.2 Å². The number of esters is 1. The maximum atomic E-state index is 14.3. The number of piperidine rings is 1. The number of carboxylic acid groups (broad SMARTS) is 1. The molecule has 228 valence electrons. The number of ether oxygens (including phenoxy) is 1. The van der Waals surface area contributed by atoms with E-state index in [0.717, 1.165) is 16.5 Å². The van der Waals surface area contributed by atoms with Crippen molar-refractivity contribution in [3.05, 3.63) is 82.3 Å². The normalized spacial score (nSPS) is 18.8. The fourth-order valence-electron chi connectivity index (χ4n) is 5.46. The van der Waals surface area contributed by atoms with Crippen LogP contribution in [0.2, 0.25) is 0 Å². The molecule has 13 heteroatoms. The largest absolute Gasteiger partial charge is 0.464 e. The molecule has 2 aromatic carbocycles. The van der Waals surface area contributed by atoms with E-state index in [0.29, 0.717) is 32.5 Å². The number of carbonyl (C=O) groups is 2. The van der Waals surface area contributed by atoms with Gasteiger partial charge in [-0.1, -0.05) is 30.3 Å². The van der Waals surface area contributed by atoms with E-state index in [1.54, 1.807) is 26.0 Å². The Labute approximate surface area is 253 Å². The molecule has 42 heavy (non-hydrogen) atoms. The third-order valence-electron chi connectivity index (χ3n) is 7.27. The number of carbonyl (C=O) groups excluding carboxylic acids is 1. The van der Waals surface area contributed by atoms with Gasteiger partial charge in [-0.3, -0.25) is 4.90 Å². The Morgan fingerprint density at radius 3 is 2.21 bits per heavy atom. The predicted molar refractivity (Wildman–Crippen MR) is 154 cm³/mol. The first-order valence-electron chi connectivity index (χ1n) is 13.2. The third kappa shape index (κ3) is 7.04. The van der Waals surface area contributed by atoms with Crippen molar-refractivity contribution in [2.45, 2.75) is 64.5 Å². The number of amides is 1. The zero-order valence-corrected chi connectivity index (χ0v) is 24.9. The van der Waals surface area contributed by atoms with Crippen molar-refractivity contribution in [3.8, 4) is 0 Å². The Kier molecular flexibility index (Phi) is 10.6. The molecular weight excluding hydrogens is 598 g/mol. The number of hydrogen-bond acceptors (Lipinski definition) is 5. The molecule has 0 aromatic heterocycles. The predicted octanol–water partition coefficient (Wildman–Crippen LogP) is 6.78. The summed E-state index contributed by atoms with van der Waals surface area (Å²) in [6.45, 7) is 6.15. The second kappa shape index (κ2) is 13.4. The molecule has 0 spiro atoms. The summed E-state index contributed by atoms with van der Waals surface area (Å²) < 4.78 is 61.6. The van der Waals surface area contributed by atoms with Gasteiger partial charge in [-0.2, -0.15) is 13.2 Å². The number of benzene rings is 2. The molecule has 2 aliphatic rings. The van der Waals surface area contributed by atoms with Gasteiger partial charge in [-0.05, 0) is 75.2 Å². The lowest BCUT2D eigenvalue weighted by atomic mass is 9.87. The molecule has 1 atom stereocenters. The quantitative estimate of drug-likeness (QED) is 0.215. The summed E-state index contributed by atoms with van der Waals surface area (Å²) in [6.07, 6.45) is -5.93. The van der Waals surface area contributed by atoms with Crippen LogP contribution < -0.4 is 0 Å². The summed E-state index contributed by atoms with van der Waals surface area (Å²) in [5.74, 6) is -1.25. The second-order valence-electron chi connectivity index (χ2n) is 10.4. The van der Waals surface area contributed by atoms with E-state index in [2.05, 4.69) is 4.90 Å². The van der Waals surface area contributed by atoms with Crippen molar-refractivity contribution in [1.82, 2.24) is 14.7 Å². The first kappa shape index (κ1) is 33.3. The SMILES string of the molecule is CC1=C(C(=O)OC(C)C)[C@@H](c2ccccc2C(F)(F)F)N(C2CCN(Cc3ccc(F)cc3)CC2)C(=S)N1C(=O)O.Cl. The molecule has 1 amide bonds. The highest BCUT2D eigenvalue weighted by molar-refractivity contribution is 7.80. The van der Waals surface area contributed by atoms with Crippen LogP contribution in [0.5, 0.6) is 0 Å². The first-order chi connectivity index (χ1) is 19.3. The standard InChI is InChI=1S/C29H31F4N3O4S.ClH/c1-17(2)40-26(37)24-18(3)35(28(38)39)27(41)36(25(24)22-6-4-5-7-23(22)29(31,32)33)21-12-14-34(15-13-21)16-19-8-10-20(30)11-9-19;/h4-11,17,21,25H,12-16H2,1-3H3,(H,38,39);1H/t25-;/m1./s1. The number of rotatable bonds is 6. The number of halogens is 5. The van der Waals surface area contributed by atoms with Crippen molar-refractivity contribution >= 4 is 41.8 Å². The number of thiocarbonyl (C=S) groups is 1. The highest BCUT2D eigenvalue weighted by Gasteiger charge is 2.48. The second-order valence-corrected chi connectivity index (χ2v) is 10.7. The number of allylic oxidation sites excluding steroid dienone is 1. The maximum absolute atomic E-state index is 14.3. The van der Waals surface area contributed by atoms with Crippen LogP contribution in [0.1, 0.15) is 56.3 Å². The van der Waals surface area contributed by atoms with Gasteiger partial charge in [0.2, 0.25) is 0 Å². The lowest BCUT2D eigenvalue weighted by Gasteiger charge is -2.49. The van der Waals surface area contributed by atoms with E-state index in [4.69, 9.17) is 17.0 Å². The van der Waals surface area contributed by atoms with Crippen LogP contribution in [0, 0.1) is 5.82 Å². The van der Waals surface area contributed by atoms with Gasteiger partial charge in [0.1, 0.15) is 5.82 Å². The molecule has 2 aromatic rings. The summed E-state index contributed by atoms with van der Waals surface area (Å²) in [7, 11) is 0. The molecule has 4 rings (SSSR count). The molecule has 2 heterocycles. The summed E-state index contributed by atoms with van der Waals surface area (Å²) in [6, 6.07) is 9.27. The summed E-state index contributed by atoms with van der Waals surface area (Å²) >= 11 is 5.62. The number of nitrogens with zero attached hydrogens (tertiary/aromatic N) is 3. The molecule has 1 saturated heterocycles. The van der Waals surface area contributed by atoms with Gasteiger partial charge in [-0.25, -0.2) is 18.9 Å². The maximum Gasteiger partial charge on any atom is 0.418 e. The number of hydrogen-bond donors (Lipinski definition) is 1. The smallest absolute Gasteiger partial charge is 0.418 e. The van der Waals surface area contributed by atoms with Crippen molar-refractivity contribution in [3.63, 3.8) is 0 Å². The van der Waals surface area contributed by atoms with Gasteiger partial charge in [0.05, 0.1) is 23.3 Å². The lowest BCUT2D eigenvalue weighted by Crippen LogP contribution is -2.57. The van der Waals surface area contributed by atoms with E-state index in [9.17, 15) is 32.3 Å². The van der Waals surface area contributed by atoms with Crippen molar-refractivity contribution < 1.29 is 37.0 Å². The zero-order valence-electron chi connectivity index (χ0n) is 23.2. The minimum atomic E-state index is -4.74. The molecule has 0 saturated carbocycles. The topological polar surface area (TPSA) is 73.3 Å². The minimum Gasteiger partial charge on any atom is -0.464 e. The van der Waals surface area contributed by atoms with Crippen LogP contribution >= 0.6 is 24.6 Å². The lowest BCUT2D eigenvalue weighted by molar-refractivity contribution is -0.145. The van der Waals surface area contributed by atoms with Crippen molar-refractivity contribution in [2.24, 2.45) is 0 Å². The van der Waals surface area contributed by atoms with Crippen LogP contribution in [0.4, 0.5) is 22.4 Å². The summed E-state index contributed by atoms with van der Waals surface area (Å²) in [5.41, 5.74) is -0.556. The average molecular weight is 630 g/mol. The zero-order chi connectivity index (χ0) is 30.1.